The zero-order chi connectivity index (χ0) is 24.9. The third kappa shape index (κ3) is 5.18. The zero-order valence-corrected chi connectivity index (χ0v) is 20.9. The maximum atomic E-state index is 12.8. The largest absolute Gasteiger partial charge is 0.494 e. The van der Waals surface area contributed by atoms with Crippen molar-refractivity contribution in [2.45, 2.75) is 26.8 Å². The summed E-state index contributed by atoms with van der Waals surface area (Å²) < 4.78 is 7.62. The SMILES string of the molecule is CCOc1ccc(NC(=O)N2CCN(Cc3nc4cccnc4n3-c3ccc(CC)cc3)CC2)cc1. The molecule has 36 heavy (non-hydrogen) atoms. The van der Waals surface area contributed by atoms with E-state index in [4.69, 9.17) is 9.72 Å². The van der Waals surface area contributed by atoms with Crippen LogP contribution in [0.25, 0.3) is 16.9 Å². The number of hydrogen-bond acceptors (Lipinski definition) is 5. The number of aryl methyl sites for hydroxylation is 1. The van der Waals surface area contributed by atoms with Gasteiger partial charge in [0, 0.05) is 43.8 Å². The fourth-order valence-corrected chi connectivity index (χ4v) is 4.53. The van der Waals surface area contributed by atoms with Crippen LogP contribution in [0.5, 0.6) is 5.75 Å². The molecule has 4 aromatic rings. The second-order valence-electron chi connectivity index (χ2n) is 8.88. The molecule has 1 saturated heterocycles. The first-order valence-corrected chi connectivity index (χ1v) is 12.6. The lowest BCUT2D eigenvalue weighted by Crippen LogP contribution is -2.49. The summed E-state index contributed by atoms with van der Waals surface area (Å²) in [4.78, 5) is 26.5. The molecule has 1 aliphatic rings. The van der Waals surface area contributed by atoms with E-state index in [2.05, 4.69) is 51.0 Å². The van der Waals surface area contributed by atoms with E-state index >= 15 is 0 Å². The molecule has 3 heterocycles. The number of carbonyl (C=O) groups is 1. The lowest BCUT2D eigenvalue weighted by atomic mass is 10.1. The molecule has 8 nitrogen and oxygen atoms in total. The number of anilines is 1. The molecule has 2 aromatic heterocycles. The van der Waals surface area contributed by atoms with E-state index in [0.717, 1.165) is 53.6 Å². The van der Waals surface area contributed by atoms with Crippen molar-refractivity contribution in [1.29, 1.82) is 0 Å². The molecule has 0 aliphatic carbocycles. The van der Waals surface area contributed by atoms with Gasteiger partial charge < -0.3 is 15.0 Å². The Hall–Kier alpha value is -3.91. The minimum Gasteiger partial charge on any atom is -0.494 e. The fraction of sp³-hybridized carbons (Fsp3) is 0.321. The average molecular weight is 485 g/mol. The van der Waals surface area contributed by atoms with Crippen molar-refractivity contribution in [1.82, 2.24) is 24.3 Å². The normalized spacial score (nSPS) is 14.2. The van der Waals surface area contributed by atoms with Crippen LogP contribution < -0.4 is 10.1 Å². The van der Waals surface area contributed by atoms with Gasteiger partial charge in [0.25, 0.3) is 0 Å². The molecule has 0 saturated carbocycles. The van der Waals surface area contributed by atoms with Gasteiger partial charge in [0.2, 0.25) is 0 Å². The number of rotatable bonds is 7. The summed E-state index contributed by atoms with van der Waals surface area (Å²) in [7, 11) is 0. The first-order chi connectivity index (χ1) is 17.6. The number of fused-ring (bicyclic) bond motifs is 1. The lowest BCUT2D eigenvalue weighted by molar-refractivity contribution is 0.140. The number of carbonyl (C=O) groups excluding carboxylic acids is 1. The molecular weight excluding hydrogens is 452 g/mol. The van der Waals surface area contributed by atoms with Crippen LogP contribution in [-0.2, 0) is 13.0 Å². The van der Waals surface area contributed by atoms with E-state index in [1.807, 2.05) is 54.4 Å². The number of amides is 2. The predicted octanol–water partition coefficient (Wildman–Crippen LogP) is 4.73. The Morgan fingerprint density at radius 2 is 1.72 bits per heavy atom. The Morgan fingerprint density at radius 1 is 0.972 bits per heavy atom. The van der Waals surface area contributed by atoms with Gasteiger partial charge in [-0.05, 0) is 67.4 Å². The number of nitrogens with zero attached hydrogens (tertiary/aromatic N) is 5. The van der Waals surface area contributed by atoms with Gasteiger partial charge in [-0.15, -0.1) is 0 Å². The number of imidazole rings is 1. The molecule has 1 fully saturated rings. The monoisotopic (exact) mass is 484 g/mol. The minimum atomic E-state index is -0.0775. The second kappa shape index (κ2) is 10.8. The van der Waals surface area contributed by atoms with Gasteiger partial charge in [-0.25, -0.2) is 14.8 Å². The number of piperazine rings is 1. The third-order valence-corrected chi connectivity index (χ3v) is 6.53. The van der Waals surface area contributed by atoms with Crippen molar-refractivity contribution in [3.8, 4) is 11.4 Å². The molecule has 5 rings (SSSR count). The van der Waals surface area contributed by atoms with Crippen molar-refractivity contribution in [3.63, 3.8) is 0 Å². The topological polar surface area (TPSA) is 75.5 Å². The van der Waals surface area contributed by atoms with Gasteiger partial charge in [0.1, 0.15) is 17.1 Å². The Labute approximate surface area is 211 Å². The van der Waals surface area contributed by atoms with E-state index in [1.165, 1.54) is 5.56 Å². The second-order valence-corrected chi connectivity index (χ2v) is 8.88. The van der Waals surface area contributed by atoms with Gasteiger partial charge >= 0.3 is 6.03 Å². The Bertz CT molecular complexity index is 1310. The van der Waals surface area contributed by atoms with Crippen LogP contribution in [0.15, 0.2) is 66.9 Å². The van der Waals surface area contributed by atoms with Crippen LogP contribution in [0.3, 0.4) is 0 Å². The number of hydrogen-bond donors (Lipinski definition) is 1. The van der Waals surface area contributed by atoms with Gasteiger partial charge in [-0.3, -0.25) is 9.47 Å². The summed E-state index contributed by atoms with van der Waals surface area (Å²) in [5, 5.41) is 2.99. The molecule has 1 N–H and O–H groups in total. The van der Waals surface area contributed by atoms with Crippen LogP contribution in [-0.4, -0.2) is 63.2 Å². The Kier molecular flexibility index (Phi) is 7.13. The van der Waals surface area contributed by atoms with E-state index in [1.54, 1.807) is 0 Å². The maximum absolute atomic E-state index is 12.8. The molecule has 2 amide bonds. The smallest absolute Gasteiger partial charge is 0.321 e. The summed E-state index contributed by atoms with van der Waals surface area (Å²) in [5.41, 5.74) is 4.89. The van der Waals surface area contributed by atoms with Gasteiger partial charge in [-0.2, -0.15) is 0 Å². The molecule has 0 bridgehead atoms. The van der Waals surface area contributed by atoms with Crippen molar-refractivity contribution in [3.05, 3.63) is 78.2 Å². The van der Waals surface area contributed by atoms with E-state index in [-0.39, 0.29) is 6.03 Å². The third-order valence-electron chi connectivity index (χ3n) is 6.53. The molecule has 186 valence electrons. The van der Waals surface area contributed by atoms with Gasteiger partial charge in [0.05, 0.1) is 13.2 Å². The summed E-state index contributed by atoms with van der Waals surface area (Å²) in [6.45, 7) is 8.30. The molecule has 1 aliphatic heterocycles. The highest BCUT2D eigenvalue weighted by Crippen LogP contribution is 2.22. The minimum absolute atomic E-state index is 0.0775. The molecule has 0 spiro atoms. The Balaban J connectivity index is 1.25. The highest BCUT2D eigenvalue weighted by molar-refractivity contribution is 5.89. The van der Waals surface area contributed by atoms with Crippen molar-refractivity contribution >= 4 is 22.9 Å². The molecule has 2 aromatic carbocycles. The van der Waals surface area contributed by atoms with Crippen LogP contribution >= 0.6 is 0 Å². The fourth-order valence-electron chi connectivity index (χ4n) is 4.53. The quantitative estimate of drug-likeness (QED) is 0.410. The van der Waals surface area contributed by atoms with E-state index in [9.17, 15) is 4.79 Å². The first kappa shape index (κ1) is 23.8. The summed E-state index contributed by atoms with van der Waals surface area (Å²) in [5.74, 6) is 1.76. The van der Waals surface area contributed by atoms with Crippen molar-refractivity contribution in [2.75, 3.05) is 38.1 Å². The van der Waals surface area contributed by atoms with Crippen LogP contribution in [0.2, 0.25) is 0 Å². The van der Waals surface area contributed by atoms with Gasteiger partial charge in [-0.1, -0.05) is 19.1 Å². The highest BCUT2D eigenvalue weighted by atomic mass is 16.5. The van der Waals surface area contributed by atoms with E-state index < -0.39 is 0 Å². The predicted molar refractivity (Wildman–Crippen MR) is 142 cm³/mol. The average Bonchev–Trinajstić information content (AvgIpc) is 3.28. The zero-order valence-electron chi connectivity index (χ0n) is 20.9. The number of ether oxygens (including phenoxy) is 1. The molecule has 0 atom stereocenters. The molecule has 0 unspecified atom stereocenters. The number of aromatic nitrogens is 3. The molecule has 0 radical (unpaired) electrons. The summed E-state index contributed by atoms with van der Waals surface area (Å²) >= 11 is 0. The van der Waals surface area contributed by atoms with Crippen LogP contribution in [0, 0.1) is 0 Å². The maximum Gasteiger partial charge on any atom is 0.321 e. The lowest BCUT2D eigenvalue weighted by Gasteiger charge is -2.34. The number of nitrogens with one attached hydrogen (secondary N) is 1. The number of benzene rings is 2. The van der Waals surface area contributed by atoms with Crippen molar-refractivity contribution in [2.24, 2.45) is 0 Å². The Morgan fingerprint density at radius 3 is 2.42 bits per heavy atom. The van der Waals surface area contributed by atoms with Crippen LogP contribution in [0.1, 0.15) is 25.2 Å². The number of pyridine rings is 1. The molecular formula is C28H32N6O2. The summed E-state index contributed by atoms with van der Waals surface area (Å²) in [6, 6.07) is 19.9. The van der Waals surface area contributed by atoms with E-state index in [0.29, 0.717) is 26.2 Å². The summed E-state index contributed by atoms with van der Waals surface area (Å²) in [6.07, 6.45) is 2.82. The number of urea groups is 1. The first-order valence-electron chi connectivity index (χ1n) is 12.6. The standard InChI is InChI=1S/C28H32N6O2/c1-3-21-7-11-23(12-8-21)34-26(31-25-6-5-15-29-27(25)34)20-32-16-18-33(19-17-32)28(35)30-22-9-13-24(14-10-22)36-4-2/h5-15H,3-4,16-20H2,1-2H3,(H,30,35). The van der Waals surface area contributed by atoms with Gasteiger partial charge in [0.15, 0.2) is 5.65 Å². The van der Waals surface area contributed by atoms with Crippen molar-refractivity contribution < 1.29 is 9.53 Å². The molecule has 8 heteroatoms. The van der Waals surface area contributed by atoms with Crippen LogP contribution in [0.4, 0.5) is 10.5 Å². The highest BCUT2D eigenvalue weighted by Gasteiger charge is 2.23.